The summed E-state index contributed by atoms with van der Waals surface area (Å²) in [4.78, 5) is 0. The van der Waals surface area contributed by atoms with Gasteiger partial charge in [0.1, 0.15) is 5.75 Å². The Morgan fingerprint density at radius 1 is 1.12 bits per heavy atom. The van der Waals surface area contributed by atoms with Gasteiger partial charge < -0.3 is 4.74 Å². The Balaban J connectivity index is 1.93. The predicted octanol–water partition coefficient (Wildman–Crippen LogP) is 6.84. The molecule has 0 heterocycles. The average Bonchev–Trinajstić information content (AvgIpc) is 2.67. The van der Waals surface area contributed by atoms with Crippen molar-refractivity contribution in [2.75, 3.05) is 0 Å². The maximum absolute atomic E-state index is 9.63. The van der Waals surface area contributed by atoms with E-state index in [-0.39, 0.29) is 6.10 Å². The van der Waals surface area contributed by atoms with Crippen LogP contribution in [0.4, 0.5) is 0 Å². The van der Waals surface area contributed by atoms with Gasteiger partial charge in [-0.15, -0.1) is 0 Å². The van der Waals surface area contributed by atoms with Gasteiger partial charge in [-0.25, -0.2) is 0 Å². The van der Waals surface area contributed by atoms with E-state index in [2.05, 4.69) is 53.2 Å². The summed E-state index contributed by atoms with van der Waals surface area (Å²) in [5, 5.41) is 11.9. The van der Waals surface area contributed by atoms with Crippen LogP contribution >= 0.6 is 15.9 Å². The van der Waals surface area contributed by atoms with Crippen molar-refractivity contribution in [3.05, 3.63) is 76.3 Å². The second-order valence-electron chi connectivity index (χ2n) is 6.26. The SMILES string of the molecule is CC[C@@H](C)Oc1ccc(/C=C(/C#N)c2ccc3ccccc3c2)cc1Br. The van der Waals surface area contributed by atoms with Crippen molar-refractivity contribution in [2.45, 2.75) is 26.4 Å². The van der Waals surface area contributed by atoms with Crippen LogP contribution in [-0.2, 0) is 0 Å². The molecule has 0 aromatic heterocycles. The fourth-order valence-corrected chi connectivity index (χ4v) is 3.20. The van der Waals surface area contributed by atoms with E-state index in [1.807, 2.05) is 49.4 Å². The Kier molecular flexibility index (Phi) is 5.75. The van der Waals surface area contributed by atoms with Crippen molar-refractivity contribution < 1.29 is 4.74 Å². The van der Waals surface area contributed by atoms with Crippen molar-refractivity contribution in [3.8, 4) is 11.8 Å². The highest BCUT2D eigenvalue weighted by atomic mass is 79.9. The normalized spacial score (nSPS) is 12.6. The number of ether oxygens (including phenoxy) is 1. The second kappa shape index (κ2) is 8.21. The summed E-state index contributed by atoms with van der Waals surface area (Å²) >= 11 is 3.57. The summed E-state index contributed by atoms with van der Waals surface area (Å²) in [5.74, 6) is 0.820. The topological polar surface area (TPSA) is 33.0 Å². The number of nitriles is 1. The molecule has 0 unspecified atom stereocenters. The van der Waals surface area contributed by atoms with Crippen LogP contribution in [0.3, 0.4) is 0 Å². The van der Waals surface area contributed by atoms with Crippen molar-refractivity contribution in [2.24, 2.45) is 0 Å². The molecule has 3 rings (SSSR count). The van der Waals surface area contributed by atoms with E-state index in [0.717, 1.165) is 33.2 Å². The summed E-state index contributed by atoms with van der Waals surface area (Å²) in [7, 11) is 0. The fraction of sp³-hybridized carbons (Fsp3) is 0.174. The molecule has 3 aromatic rings. The van der Waals surface area contributed by atoms with Crippen molar-refractivity contribution in [1.82, 2.24) is 0 Å². The van der Waals surface area contributed by atoms with Crippen LogP contribution in [0.1, 0.15) is 31.4 Å². The van der Waals surface area contributed by atoms with Crippen LogP contribution in [0.25, 0.3) is 22.4 Å². The number of allylic oxidation sites excluding steroid dienone is 1. The molecular weight excluding hydrogens is 386 g/mol. The Hall–Kier alpha value is -2.57. The first-order chi connectivity index (χ1) is 12.6. The van der Waals surface area contributed by atoms with Crippen molar-refractivity contribution >= 4 is 38.4 Å². The lowest BCUT2D eigenvalue weighted by Crippen LogP contribution is -2.09. The Morgan fingerprint density at radius 2 is 1.88 bits per heavy atom. The molecule has 0 saturated heterocycles. The third-order valence-corrected chi connectivity index (χ3v) is 4.97. The second-order valence-corrected chi connectivity index (χ2v) is 7.11. The van der Waals surface area contributed by atoms with Gasteiger partial charge in [0, 0.05) is 0 Å². The predicted molar refractivity (Wildman–Crippen MR) is 112 cm³/mol. The highest BCUT2D eigenvalue weighted by Crippen LogP contribution is 2.29. The number of nitrogens with zero attached hydrogens (tertiary/aromatic N) is 1. The maximum Gasteiger partial charge on any atom is 0.133 e. The lowest BCUT2D eigenvalue weighted by Gasteiger charge is -2.14. The third-order valence-electron chi connectivity index (χ3n) is 4.35. The number of hydrogen-bond acceptors (Lipinski definition) is 2. The number of hydrogen-bond donors (Lipinski definition) is 0. The fourth-order valence-electron chi connectivity index (χ4n) is 2.71. The number of rotatable bonds is 5. The Bertz CT molecular complexity index is 1000. The molecule has 0 aliphatic rings. The molecule has 0 aliphatic heterocycles. The van der Waals surface area contributed by atoms with E-state index >= 15 is 0 Å². The summed E-state index contributed by atoms with van der Waals surface area (Å²) in [5.41, 5.74) is 2.51. The molecule has 3 heteroatoms. The standard InChI is InChI=1S/C23H20BrNO/c1-3-16(2)26-23-11-8-17(13-22(23)24)12-21(15-25)20-10-9-18-6-4-5-7-19(18)14-20/h4-14,16H,3H2,1-2H3/b21-12-/t16-/m1/s1. The van der Waals surface area contributed by atoms with Gasteiger partial charge >= 0.3 is 0 Å². The van der Waals surface area contributed by atoms with Gasteiger partial charge in [-0.2, -0.15) is 5.26 Å². The summed E-state index contributed by atoms with van der Waals surface area (Å²) in [6, 6.07) is 22.5. The summed E-state index contributed by atoms with van der Waals surface area (Å²) in [6.45, 7) is 4.15. The molecule has 0 spiro atoms. The molecule has 0 saturated carbocycles. The molecule has 3 aromatic carbocycles. The van der Waals surface area contributed by atoms with E-state index in [9.17, 15) is 5.26 Å². The van der Waals surface area contributed by atoms with Gasteiger partial charge in [0.15, 0.2) is 0 Å². The lowest BCUT2D eigenvalue weighted by atomic mass is 10.0. The largest absolute Gasteiger partial charge is 0.490 e. The average molecular weight is 406 g/mol. The van der Waals surface area contributed by atoms with Crippen LogP contribution in [0.15, 0.2) is 65.1 Å². The van der Waals surface area contributed by atoms with Gasteiger partial charge in [-0.05, 0) is 75.4 Å². The van der Waals surface area contributed by atoms with E-state index < -0.39 is 0 Å². The van der Waals surface area contributed by atoms with Crippen molar-refractivity contribution in [1.29, 1.82) is 5.26 Å². The molecule has 0 radical (unpaired) electrons. The van der Waals surface area contributed by atoms with Crippen LogP contribution < -0.4 is 4.74 Å². The van der Waals surface area contributed by atoms with Gasteiger partial charge in [0.25, 0.3) is 0 Å². The lowest BCUT2D eigenvalue weighted by molar-refractivity contribution is 0.216. The molecule has 1 atom stereocenters. The summed E-state index contributed by atoms with van der Waals surface area (Å²) in [6.07, 6.45) is 3.02. The zero-order valence-corrected chi connectivity index (χ0v) is 16.5. The Morgan fingerprint density at radius 3 is 2.58 bits per heavy atom. The Labute approximate surface area is 162 Å². The van der Waals surface area contributed by atoms with Gasteiger partial charge in [-0.3, -0.25) is 0 Å². The molecule has 0 bridgehead atoms. The first-order valence-electron chi connectivity index (χ1n) is 8.68. The van der Waals surface area contributed by atoms with E-state index in [0.29, 0.717) is 5.57 Å². The quantitative estimate of drug-likeness (QED) is 0.343. The van der Waals surface area contributed by atoms with Gasteiger partial charge in [0.05, 0.1) is 22.2 Å². The minimum Gasteiger partial charge on any atom is -0.490 e. The summed E-state index contributed by atoms with van der Waals surface area (Å²) < 4.78 is 6.77. The number of benzene rings is 3. The van der Waals surface area contributed by atoms with E-state index in [1.54, 1.807) is 0 Å². The smallest absolute Gasteiger partial charge is 0.133 e. The van der Waals surface area contributed by atoms with E-state index in [1.165, 1.54) is 5.39 Å². The molecule has 0 aliphatic carbocycles. The van der Waals surface area contributed by atoms with Crippen LogP contribution in [0.2, 0.25) is 0 Å². The van der Waals surface area contributed by atoms with Gasteiger partial charge in [0.2, 0.25) is 0 Å². The van der Waals surface area contributed by atoms with Crippen LogP contribution in [0, 0.1) is 11.3 Å². The molecule has 130 valence electrons. The number of fused-ring (bicyclic) bond motifs is 1. The number of halogens is 1. The van der Waals surface area contributed by atoms with Crippen LogP contribution in [0.5, 0.6) is 5.75 Å². The molecular formula is C23H20BrNO. The zero-order chi connectivity index (χ0) is 18.5. The zero-order valence-electron chi connectivity index (χ0n) is 14.9. The molecule has 2 nitrogen and oxygen atoms in total. The highest BCUT2D eigenvalue weighted by molar-refractivity contribution is 9.10. The maximum atomic E-state index is 9.63. The third kappa shape index (κ3) is 4.15. The van der Waals surface area contributed by atoms with Gasteiger partial charge in [-0.1, -0.05) is 49.4 Å². The first-order valence-corrected chi connectivity index (χ1v) is 9.47. The monoisotopic (exact) mass is 405 g/mol. The van der Waals surface area contributed by atoms with E-state index in [4.69, 9.17) is 4.74 Å². The first kappa shape index (κ1) is 18.2. The molecule has 0 fully saturated rings. The minimum absolute atomic E-state index is 0.167. The molecule has 0 N–H and O–H groups in total. The highest BCUT2D eigenvalue weighted by Gasteiger charge is 2.07. The minimum atomic E-state index is 0.167. The van der Waals surface area contributed by atoms with Crippen molar-refractivity contribution in [3.63, 3.8) is 0 Å². The molecule has 26 heavy (non-hydrogen) atoms. The molecule has 0 amide bonds. The van der Waals surface area contributed by atoms with Crippen LogP contribution in [-0.4, -0.2) is 6.10 Å².